The molecule has 0 aliphatic carbocycles. The van der Waals surface area contributed by atoms with E-state index in [9.17, 15) is 13.2 Å². The van der Waals surface area contributed by atoms with Crippen LogP contribution in [0.2, 0.25) is 0 Å². The summed E-state index contributed by atoms with van der Waals surface area (Å²) in [5.74, 6) is -0.0919. The van der Waals surface area contributed by atoms with Crippen molar-refractivity contribution in [2.75, 3.05) is 59.0 Å². The minimum Gasteiger partial charge on any atom is -0.379 e. The standard InChI is InChI=1S/C24H41N3O4S/c1-5-8-9-10-13-26(15-14-25-16-18-31-19-17-25)24(28)22-12-11-21(4)23(20-22)32(29,30)27(6-2)7-3/h11-12,20H,5-10,13-19H2,1-4H3. The number of carbonyl (C=O) groups excluding carboxylic acids is 1. The van der Waals surface area contributed by atoms with Crippen LogP contribution in [0.5, 0.6) is 0 Å². The third kappa shape index (κ3) is 7.27. The Morgan fingerprint density at radius 3 is 2.34 bits per heavy atom. The monoisotopic (exact) mass is 467 g/mol. The molecule has 2 rings (SSSR count). The highest BCUT2D eigenvalue weighted by Gasteiger charge is 2.26. The number of aryl methyl sites for hydroxylation is 1. The van der Waals surface area contributed by atoms with Gasteiger partial charge in [0, 0.05) is 51.4 Å². The van der Waals surface area contributed by atoms with Gasteiger partial charge in [-0.05, 0) is 31.0 Å². The summed E-state index contributed by atoms with van der Waals surface area (Å²) in [6.45, 7) is 13.8. The molecule has 8 heteroatoms. The van der Waals surface area contributed by atoms with E-state index in [-0.39, 0.29) is 10.8 Å². The van der Waals surface area contributed by atoms with E-state index in [4.69, 9.17) is 4.74 Å². The number of amides is 1. The molecular formula is C24H41N3O4S. The highest BCUT2D eigenvalue weighted by Crippen LogP contribution is 2.22. The largest absolute Gasteiger partial charge is 0.379 e. The first-order valence-electron chi connectivity index (χ1n) is 12.0. The molecule has 0 unspecified atom stereocenters. The van der Waals surface area contributed by atoms with Crippen molar-refractivity contribution in [2.45, 2.75) is 58.3 Å². The molecule has 1 aliphatic rings. The lowest BCUT2D eigenvalue weighted by Crippen LogP contribution is -2.43. The summed E-state index contributed by atoms with van der Waals surface area (Å²) in [5.41, 5.74) is 1.11. The van der Waals surface area contributed by atoms with Crippen LogP contribution in [0, 0.1) is 6.92 Å². The Balaban J connectivity index is 2.22. The van der Waals surface area contributed by atoms with E-state index in [0.717, 1.165) is 58.5 Å². The molecule has 0 spiro atoms. The maximum absolute atomic E-state index is 13.5. The molecule has 0 saturated carbocycles. The zero-order valence-electron chi connectivity index (χ0n) is 20.3. The van der Waals surface area contributed by atoms with Crippen LogP contribution in [0.1, 0.15) is 62.4 Å². The van der Waals surface area contributed by atoms with Crippen molar-refractivity contribution >= 4 is 15.9 Å². The van der Waals surface area contributed by atoms with Crippen molar-refractivity contribution in [3.05, 3.63) is 29.3 Å². The SMILES string of the molecule is CCCCCCN(CCN1CCOCC1)C(=O)c1ccc(C)c(S(=O)(=O)N(CC)CC)c1. The van der Waals surface area contributed by atoms with Gasteiger partial charge in [-0.15, -0.1) is 0 Å². The molecule has 1 aromatic carbocycles. The Hall–Kier alpha value is -1.48. The van der Waals surface area contributed by atoms with Crippen molar-refractivity contribution in [3.8, 4) is 0 Å². The lowest BCUT2D eigenvalue weighted by molar-refractivity contribution is 0.0324. The molecule has 1 aromatic rings. The first-order chi connectivity index (χ1) is 15.3. The molecular weight excluding hydrogens is 426 g/mol. The van der Waals surface area contributed by atoms with E-state index < -0.39 is 10.0 Å². The van der Waals surface area contributed by atoms with Gasteiger partial charge in [0.1, 0.15) is 0 Å². The van der Waals surface area contributed by atoms with E-state index in [2.05, 4.69) is 11.8 Å². The normalized spacial score (nSPS) is 15.3. The molecule has 1 aliphatic heterocycles. The summed E-state index contributed by atoms with van der Waals surface area (Å²) in [6, 6.07) is 5.08. The number of unbranched alkanes of at least 4 members (excludes halogenated alkanes) is 3. The van der Waals surface area contributed by atoms with Gasteiger partial charge in [0.25, 0.3) is 5.91 Å². The van der Waals surface area contributed by atoms with Gasteiger partial charge in [-0.1, -0.05) is 46.1 Å². The topological polar surface area (TPSA) is 70.2 Å². The molecule has 1 amide bonds. The third-order valence-corrected chi connectivity index (χ3v) is 8.31. The molecule has 182 valence electrons. The van der Waals surface area contributed by atoms with Crippen molar-refractivity contribution in [1.29, 1.82) is 0 Å². The molecule has 1 saturated heterocycles. The third-order valence-electron chi connectivity index (χ3n) is 6.12. The molecule has 1 heterocycles. The summed E-state index contributed by atoms with van der Waals surface area (Å²) < 4.78 is 33.1. The highest BCUT2D eigenvalue weighted by atomic mass is 32.2. The Labute approximate surface area is 194 Å². The van der Waals surface area contributed by atoms with Gasteiger partial charge < -0.3 is 9.64 Å². The van der Waals surface area contributed by atoms with Gasteiger partial charge in [-0.2, -0.15) is 4.31 Å². The second-order valence-corrected chi connectivity index (χ2v) is 10.3. The number of ether oxygens (including phenoxy) is 1. The summed E-state index contributed by atoms with van der Waals surface area (Å²) in [4.78, 5) is 17.9. The Bertz CT molecular complexity index is 819. The van der Waals surface area contributed by atoms with Gasteiger partial charge in [-0.3, -0.25) is 9.69 Å². The van der Waals surface area contributed by atoms with Crippen LogP contribution in [-0.4, -0.2) is 87.5 Å². The molecule has 0 aromatic heterocycles. The minimum absolute atomic E-state index is 0.0919. The number of rotatable bonds is 13. The Morgan fingerprint density at radius 1 is 1.03 bits per heavy atom. The summed E-state index contributed by atoms with van der Waals surface area (Å²) >= 11 is 0. The molecule has 0 N–H and O–H groups in total. The van der Waals surface area contributed by atoms with Crippen LogP contribution < -0.4 is 0 Å². The Morgan fingerprint density at radius 2 is 1.72 bits per heavy atom. The van der Waals surface area contributed by atoms with Crippen LogP contribution >= 0.6 is 0 Å². The van der Waals surface area contributed by atoms with Crippen LogP contribution in [0.15, 0.2) is 23.1 Å². The van der Waals surface area contributed by atoms with E-state index in [1.807, 2.05) is 18.7 Å². The predicted octanol–water partition coefficient (Wildman–Crippen LogP) is 3.38. The average molecular weight is 468 g/mol. The smallest absolute Gasteiger partial charge is 0.253 e. The van der Waals surface area contributed by atoms with Crippen molar-refractivity contribution < 1.29 is 17.9 Å². The zero-order valence-corrected chi connectivity index (χ0v) is 21.1. The van der Waals surface area contributed by atoms with Crippen LogP contribution in [0.25, 0.3) is 0 Å². The highest BCUT2D eigenvalue weighted by molar-refractivity contribution is 7.89. The number of carbonyl (C=O) groups is 1. The number of hydrogen-bond acceptors (Lipinski definition) is 5. The van der Waals surface area contributed by atoms with Crippen molar-refractivity contribution in [1.82, 2.24) is 14.1 Å². The number of morpholine rings is 1. The lowest BCUT2D eigenvalue weighted by Gasteiger charge is -2.30. The van der Waals surface area contributed by atoms with Gasteiger partial charge >= 0.3 is 0 Å². The zero-order chi connectivity index (χ0) is 23.6. The number of hydrogen-bond donors (Lipinski definition) is 0. The Kier molecular flexibility index (Phi) is 11.1. The molecule has 1 fully saturated rings. The van der Waals surface area contributed by atoms with E-state index in [1.165, 1.54) is 4.31 Å². The predicted molar refractivity (Wildman–Crippen MR) is 129 cm³/mol. The van der Waals surface area contributed by atoms with E-state index in [0.29, 0.717) is 37.3 Å². The molecule has 0 bridgehead atoms. The summed E-state index contributed by atoms with van der Waals surface area (Å²) in [6.07, 6.45) is 4.35. The average Bonchev–Trinajstić information content (AvgIpc) is 2.79. The van der Waals surface area contributed by atoms with Gasteiger partial charge in [0.05, 0.1) is 18.1 Å². The minimum atomic E-state index is -3.63. The molecule has 32 heavy (non-hydrogen) atoms. The maximum Gasteiger partial charge on any atom is 0.253 e. The van der Waals surface area contributed by atoms with Gasteiger partial charge in [0.15, 0.2) is 0 Å². The van der Waals surface area contributed by atoms with Crippen LogP contribution in [-0.2, 0) is 14.8 Å². The summed E-state index contributed by atoms with van der Waals surface area (Å²) in [7, 11) is -3.63. The number of benzene rings is 1. The fraction of sp³-hybridized carbons (Fsp3) is 0.708. The second-order valence-electron chi connectivity index (χ2n) is 8.38. The van der Waals surface area contributed by atoms with Gasteiger partial charge in [0.2, 0.25) is 10.0 Å². The lowest BCUT2D eigenvalue weighted by atomic mass is 10.1. The fourth-order valence-corrected chi connectivity index (χ4v) is 5.74. The molecule has 0 radical (unpaired) electrons. The second kappa shape index (κ2) is 13.3. The van der Waals surface area contributed by atoms with E-state index in [1.54, 1.807) is 25.1 Å². The molecule has 7 nitrogen and oxygen atoms in total. The summed E-state index contributed by atoms with van der Waals surface area (Å²) in [5, 5.41) is 0. The first kappa shape index (κ1) is 26.8. The van der Waals surface area contributed by atoms with Gasteiger partial charge in [-0.25, -0.2) is 8.42 Å². The van der Waals surface area contributed by atoms with Crippen LogP contribution in [0.4, 0.5) is 0 Å². The van der Waals surface area contributed by atoms with E-state index >= 15 is 0 Å². The fourth-order valence-electron chi connectivity index (χ4n) is 4.03. The quantitative estimate of drug-likeness (QED) is 0.416. The van der Waals surface area contributed by atoms with Crippen molar-refractivity contribution in [3.63, 3.8) is 0 Å². The number of nitrogens with zero attached hydrogens (tertiary/aromatic N) is 3. The maximum atomic E-state index is 13.5. The molecule has 0 atom stereocenters. The first-order valence-corrected chi connectivity index (χ1v) is 13.5. The van der Waals surface area contributed by atoms with Crippen LogP contribution in [0.3, 0.4) is 0 Å². The van der Waals surface area contributed by atoms with Crippen molar-refractivity contribution in [2.24, 2.45) is 0 Å². The number of sulfonamides is 1.